The first-order valence-electron chi connectivity index (χ1n) is 5.52. The smallest absolute Gasteiger partial charge is 0.406 e. The number of nitrogens with zero attached hydrogens (tertiary/aromatic N) is 1. The molecule has 0 spiro atoms. The SMILES string of the molecule is CCc1ccc(C(=O)N(CCN)CC(F)(F)F)o1. The Balaban J connectivity index is 2.81. The average molecular weight is 264 g/mol. The molecule has 0 bridgehead atoms. The second kappa shape index (κ2) is 5.90. The third-order valence-electron chi connectivity index (χ3n) is 2.28. The summed E-state index contributed by atoms with van der Waals surface area (Å²) in [5.74, 6) is -0.333. The van der Waals surface area contributed by atoms with Crippen LogP contribution in [0.4, 0.5) is 13.2 Å². The number of furan rings is 1. The molecule has 18 heavy (non-hydrogen) atoms. The van der Waals surface area contributed by atoms with Gasteiger partial charge in [0, 0.05) is 19.5 Å². The topological polar surface area (TPSA) is 59.5 Å². The fourth-order valence-corrected chi connectivity index (χ4v) is 1.46. The van der Waals surface area contributed by atoms with Gasteiger partial charge in [-0.1, -0.05) is 6.92 Å². The van der Waals surface area contributed by atoms with Gasteiger partial charge in [-0.2, -0.15) is 13.2 Å². The predicted octanol–water partition coefficient (Wildman–Crippen LogP) is 1.81. The van der Waals surface area contributed by atoms with E-state index in [1.54, 1.807) is 6.07 Å². The van der Waals surface area contributed by atoms with Gasteiger partial charge in [0.1, 0.15) is 12.3 Å². The minimum Gasteiger partial charge on any atom is -0.456 e. The fraction of sp³-hybridized carbons (Fsp3) is 0.545. The number of nitrogens with two attached hydrogens (primary N) is 1. The van der Waals surface area contributed by atoms with Crippen LogP contribution in [0.2, 0.25) is 0 Å². The van der Waals surface area contributed by atoms with Crippen LogP contribution in [0.25, 0.3) is 0 Å². The number of rotatable bonds is 5. The summed E-state index contributed by atoms with van der Waals surface area (Å²) < 4.78 is 42.1. The Labute approximate surface area is 103 Å². The summed E-state index contributed by atoms with van der Waals surface area (Å²) in [5.41, 5.74) is 5.20. The molecule has 7 heteroatoms. The van der Waals surface area contributed by atoms with Gasteiger partial charge in [0.25, 0.3) is 5.91 Å². The van der Waals surface area contributed by atoms with E-state index in [0.29, 0.717) is 17.1 Å². The van der Waals surface area contributed by atoms with Crippen LogP contribution in [0.5, 0.6) is 0 Å². The number of hydrogen-bond acceptors (Lipinski definition) is 3. The summed E-state index contributed by atoms with van der Waals surface area (Å²) in [4.78, 5) is 12.5. The van der Waals surface area contributed by atoms with Gasteiger partial charge in [-0.05, 0) is 12.1 Å². The highest BCUT2D eigenvalue weighted by Crippen LogP contribution is 2.18. The molecule has 0 unspecified atom stereocenters. The Bertz CT molecular complexity index is 401. The predicted molar refractivity (Wildman–Crippen MR) is 59.1 cm³/mol. The highest BCUT2D eigenvalue weighted by molar-refractivity contribution is 5.91. The molecule has 0 aliphatic carbocycles. The Morgan fingerprint density at radius 3 is 2.56 bits per heavy atom. The van der Waals surface area contributed by atoms with Crippen molar-refractivity contribution in [1.82, 2.24) is 4.90 Å². The van der Waals surface area contributed by atoms with E-state index in [4.69, 9.17) is 10.2 Å². The molecule has 0 saturated carbocycles. The minimum absolute atomic E-state index is 0.0385. The number of aryl methyl sites for hydroxylation is 1. The van der Waals surface area contributed by atoms with Crippen molar-refractivity contribution in [2.75, 3.05) is 19.6 Å². The van der Waals surface area contributed by atoms with Crippen molar-refractivity contribution < 1.29 is 22.4 Å². The van der Waals surface area contributed by atoms with Crippen molar-refractivity contribution in [3.05, 3.63) is 23.7 Å². The quantitative estimate of drug-likeness (QED) is 0.882. The van der Waals surface area contributed by atoms with Gasteiger partial charge in [-0.3, -0.25) is 4.79 Å². The van der Waals surface area contributed by atoms with Crippen LogP contribution >= 0.6 is 0 Å². The number of hydrogen-bond donors (Lipinski definition) is 1. The molecule has 1 aromatic rings. The molecule has 0 aliphatic rings. The van der Waals surface area contributed by atoms with Gasteiger partial charge >= 0.3 is 6.18 Å². The lowest BCUT2D eigenvalue weighted by Gasteiger charge is -2.22. The summed E-state index contributed by atoms with van der Waals surface area (Å²) in [6.45, 7) is 0.287. The van der Waals surface area contributed by atoms with E-state index in [-0.39, 0.29) is 18.8 Å². The van der Waals surface area contributed by atoms with Crippen LogP contribution in [0.3, 0.4) is 0 Å². The molecule has 1 heterocycles. The normalized spacial score (nSPS) is 11.6. The first-order valence-corrected chi connectivity index (χ1v) is 5.52. The van der Waals surface area contributed by atoms with Crippen molar-refractivity contribution in [1.29, 1.82) is 0 Å². The maximum absolute atomic E-state index is 12.3. The first-order chi connectivity index (χ1) is 8.37. The molecule has 1 rings (SSSR count). The third kappa shape index (κ3) is 4.06. The molecule has 1 amide bonds. The molecule has 0 aromatic carbocycles. The lowest BCUT2D eigenvalue weighted by atomic mass is 10.3. The highest BCUT2D eigenvalue weighted by atomic mass is 19.4. The molecule has 0 fully saturated rings. The van der Waals surface area contributed by atoms with E-state index < -0.39 is 18.6 Å². The van der Waals surface area contributed by atoms with Gasteiger partial charge in [-0.25, -0.2) is 0 Å². The maximum atomic E-state index is 12.3. The zero-order valence-electron chi connectivity index (χ0n) is 9.96. The average Bonchev–Trinajstić information content (AvgIpc) is 2.74. The Hall–Kier alpha value is -1.50. The number of carbonyl (C=O) groups excluding carboxylic acids is 1. The molecular formula is C11H15F3N2O2. The van der Waals surface area contributed by atoms with E-state index in [2.05, 4.69) is 0 Å². The molecule has 1 aromatic heterocycles. The molecule has 0 atom stereocenters. The van der Waals surface area contributed by atoms with Crippen LogP contribution in [-0.2, 0) is 6.42 Å². The monoisotopic (exact) mass is 264 g/mol. The lowest BCUT2D eigenvalue weighted by molar-refractivity contribution is -0.140. The summed E-state index contributed by atoms with van der Waals surface area (Å²) in [6, 6.07) is 2.95. The Morgan fingerprint density at radius 2 is 2.11 bits per heavy atom. The lowest BCUT2D eigenvalue weighted by Crippen LogP contribution is -2.41. The fourth-order valence-electron chi connectivity index (χ4n) is 1.46. The molecule has 4 nitrogen and oxygen atoms in total. The summed E-state index contributed by atoms with van der Waals surface area (Å²) in [5, 5.41) is 0. The zero-order valence-corrected chi connectivity index (χ0v) is 9.96. The van der Waals surface area contributed by atoms with E-state index in [0.717, 1.165) is 0 Å². The standard InChI is InChI=1S/C11H15F3N2O2/c1-2-8-3-4-9(18-8)10(17)16(6-5-15)7-11(12,13)14/h3-4H,2,5-7,15H2,1H3. The Morgan fingerprint density at radius 1 is 1.44 bits per heavy atom. The van der Waals surface area contributed by atoms with Crippen LogP contribution in [0, 0.1) is 0 Å². The summed E-state index contributed by atoms with van der Waals surface area (Å²) in [6.07, 6.45) is -3.88. The maximum Gasteiger partial charge on any atom is 0.406 e. The number of halogens is 3. The van der Waals surface area contributed by atoms with Crippen molar-refractivity contribution >= 4 is 5.91 Å². The second-order valence-corrected chi connectivity index (χ2v) is 3.75. The van der Waals surface area contributed by atoms with Crippen LogP contribution < -0.4 is 5.73 Å². The molecule has 2 N–H and O–H groups in total. The van der Waals surface area contributed by atoms with E-state index in [9.17, 15) is 18.0 Å². The Kier molecular flexibility index (Phi) is 4.77. The van der Waals surface area contributed by atoms with Gasteiger partial charge in [-0.15, -0.1) is 0 Å². The molecular weight excluding hydrogens is 249 g/mol. The molecule has 102 valence electrons. The van der Waals surface area contributed by atoms with Crippen molar-refractivity contribution in [3.63, 3.8) is 0 Å². The van der Waals surface area contributed by atoms with E-state index >= 15 is 0 Å². The molecule has 0 saturated heterocycles. The van der Waals surface area contributed by atoms with Gasteiger partial charge in [0.15, 0.2) is 5.76 Å². The first kappa shape index (κ1) is 14.6. The molecule has 0 radical (unpaired) electrons. The van der Waals surface area contributed by atoms with Gasteiger partial charge in [0.2, 0.25) is 0 Å². The van der Waals surface area contributed by atoms with Crippen LogP contribution in [-0.4, -0.2) is 36.6 Å². The highest BCUT2D eigenvalue weighted by Gasteiger charge is 2.33. The zero-order chi connectivity index (χ0) is 13.8. The van der Waals surface area contributed by atoms with Crippen LogP contribution in [0.15, 0.2) is 16.5 Å². The van der Waals surface area contributed by atoms with Crippen molar-refractivity contribution in [3.8, 4) is 0 Å². The minimum atomic E-state index is -4.45. The van der Waals surface area contributed by atoms with Crippen molar-refractivity contribution in [2.24, 2.45) is 5.73 Å². The summed E-state index contributed by atoms with van der Waals surface area (Å²) >= 11 is 0. The van der Waals surface area contributed by atoms with E-state index in [1.165, 1.54) is 6.07 Å². The van der Waals surface area contributed by atoms with E-state index in [1.807, 2.05) is 6.92 Å². The molecule has 0 aliphatic heterocycles. The largest absolute Gasteiger partial charge is 0.456 e. The number of carbonyl (C=O) groups is 1. The number of amides is 1. The van der Waals surface area contributed by atoms with Gasteiger partial charge < -0.3 is 15.1 Å². The second-order valence-electron chi connectivity index (χ2n) is 3.75. The number of alkyl halides is 3. The van der Waals surface area contributed by atoms with Crippen molar-refractivity contribution in [2.45, 2.75) is 19.5 Å². The third-order valence-corrected chi connectivity index (χ3v) is 2.28. The van der Waals surface area contributed by atoms with Gasteiger partial charge in [0.05, 0.1) is 0 Å². The van der Waals surface area contributed by atoms with Crippen LogP contribution in [0.1, 0.15) is 23.2 Å². The summed E-state index contributed by atoms with van der Waals surface area (Å²) in [7, 11) is 0.